The van der Waals surface area contributed by atoms with Crippen LogP contribution in [0.25, 0.3) is 0 Å². The number of methoxy groups -OCH3 is 1. The standard InChI is InChI=1S/C16H22N2O4.ClH/c1-11(12-6-3-4-8-14(12)22-2)17-15(19)10-18-9-5-7-13(18)16(20)21;/h3-4,6,8,11,13H,5,7,9-10H2,1-2H3,(H,17,19)(H,20,21);1H. The van der Waals surface area contributed by atoms with Crippen LogP contribution >= 0.6 is 12.4 Å². The van der Waals surface area contributed by atoms with Crippen molar-refractivity contribution in [1.29, 1.82) is 0 Å². The van der Waals surface area contributed by atoms with Gasteiger partial charge in [-0.1, -0.05) is 18.2 Å². The molecule has 2 rings (SSSR count). The average molecular weight is 343 g/mol. The van der Waals surface area contributed by atoms with Gasteiger partial charge in [0.25, 0.3) is 0 Å². The lowest BCUT2D eigenvalue weighted by Gasteiger charge is -2.22. The molecule has 1 aliphatic rings. The van der Waals surface area contributed by atoms with Gasteiger partial charge >= 0.3 is 5.97 Å². The van der Waals surface area contributed by atoms with E-state index in [1.165, 1.54) is 0 Å². The molecule has 0 radical (unpaired) electrons. The normalized spacial score (nSPS) is 18.8. The number of amides is 1. The molecule has 2 unspecified atom stereocenters. The smallest absolute Gasteiger partial charge is 0.320 e. The monoisotopic (exact) mass is 342 g/mol. The topological polar surface area (TPSA) is 78.9 Å². The molecule has 1 saturated heterocycles. The van der Waals surface area contributed by atoms with Crippen LogP contribution in [0, 0.1) is 0 Å². The summed E-state index contributed by atoms with van der Waals surface area (Å²) in [7, 11) is 1.59. The highest BCUT2D eigenvalue weighted by Crippen LogP contribution is 2.24. The molecule has 0 aromatic heterocycles. The maximum absolute atomic E-state index is 12.2. The first-order valence-corrected chi connectivity index (χ1v) is 7.42. The van der Waals surface area contributed by atoms with E-state index in [0.29, 0.717) is 13.0 Å². The minimum Gasteiger partial charge on any atom is -0.496 e. The first kappa shape index (κ1) is 19.3. The van der Waals surface area contributed by atoms with Crippen molar-refractivity contribution in [3.05, 3.63) is 29.8 Å². The Bertz CT molecular complexity index is 553. The summed E-state index contributed by atoms with van der Waals surface area (Å²) >= 11 is 0. The van der Waals surface area contributed by atoms with E-state index >= 15 is 0 Å². The molecule has 1 aliphatic heterocycles. The zero-order valence-electron chi connectivity index (χ0n) is 13.3. The van der Waals surface area contributed by atoms with Crippen molar-refractivity contribution in [2.24, 2.45) is 0 Å². The van der Waals surface area contributed by atoms with Crippen molar-refractivity contribution in [1.82, 2.24) is 10.2 Å². The molecule has 1 aromatic carbocycles. The van der Waals surface area contributed by atoms with Crippen LogP contribution in [0.1, 0.15) is 31.4 Å². The van der Waals surface area contributed by atoms with Gasteiger partial charge in [-0.25, -0.2) is 0 Å². The third-order valence-electron chi connectivity index (χ3n) is 3.98. The van der Waals surface area contributed by atoms with E-state index in [-0.39, 0.29) is 30.9 Å². The zero-order chi connectivity index (χ0) is 16.1. The van der Waals surface area contributed by atoms with Gasteiger partial charge in [0.05, 0.1) is 19.7 Å². The van der Waals surface area contributed by atoms with Crippen molar-refractivity contribution in [2.45, 2.75) is 31.8 Å². The maximum atomic E-state index is 12.2. The van der Waals surface area contributed by atoms with Gasteiger partial charge in [-0.2, -0.15) is 0 Å². The molecule has 1 heterocycles. The average Bonchev–Trinajstić information content (AvgIpc) is 2.95. The van der Waals surface area contributed by atoms with E-state index in [9.17, 15) is 9.59 Å². The number of carbonyl (C=O) groups excluding carboxylic acids is 1. The summed E-state index contributed by atoms with van der Waals surface area (Å²) in [5.74, 6) is -0.311. The van der Waals surface area contributed by atoms with Crippen molar-refractivity contribution in [2.75, 3.05) is 20.2 Å². The van der Waals surface area contributed by atoms with Gasteiger partial charge in [-0.15, -0.1) is 12.4 Å². The largest absolute Gasteiger partial charge is 0.496 e. The van der Waals surface area contributed by atoms with Gasteiger partial charge in [0.1, 0.15) is 11.8 Å². The van der Waals surface area contributed by atoms with E-state index < -0.39 is 12.0 Å². The molecule has 2 N–H and O–H groups in total. The number of nitrogens with zero attached hydrogens (tertiary/aromatic N) is 1. The highest BCUT2D eigenvalue weighted by molar-refractivity contribution is 5.85. The number of nitrogens with one attached hydrogen (secondary N) is 1. The fourth-order valence-corrected chi connectivity index (χ4v) is 2.87. The number of carboxylic acids is 1. The molecule has 1 amide bonds. The molecule has 23 heavy (non-hydrogen) atoms. The molecule has 0 aliphatic carbocycles. The van der Waals surface area contributed by atoms with E-state index in [4.69, 9.17) is 9.84 Å². The highest BCUT2D eigenvalue weighted by Gasteiger charge is 2.31. The molecule has 7 heteroatoms. The fraction of sp³-hybridized carbons (Fsp3) is 0.500. The van der Waals surface area contributed by atoms with Gasteiger partial charge in [0.2, 0.25) is 5.91 Å². The highest BCUT2D eigenvalue weighted by atomic mass is 35.5. The molecule has 1 fully saturated rings. The third kappa shape index (κ3) is 4.84. The van der Waals surface area contributed by atoms with Crippen molar-refractivity contribution in [3.8, 4) is 5.75 Å². The molecular formula is C16H23ClN2O4. The number of rotatable bonds is 6. The maximum Gasteiger partial charge on any atom is 0.320 e. The SMILES string of the molecule is COc1ccccc1C(C)NC(=O)CN1CCCC1C(=O)O.Cl. The van der Waals surface area contributed by atoms with Crippen molar-refractivity contribution < 1.29 is 19.4 Å². The number of carbonyl (C=O) groups is 2. The Labute approximate surface area is 142 Å². The predicted molar refractivity (Wildman–Crippen MR) is 89.0 cm³/mol. The lowest BCUT2D eigenvalue weighted by atomic mass is 10.1. The Morgan fingerprint density at radius 2 is 2.13 bits per heavy atom. The quantitative estimate of drug-likeness (QED) is 0.824. The molecule has 1 aromatic rings. The summed E-state index contributed by atoms with van der Waals surface area (Å²) in [6.45, 7) is 2.64. The number of benzene rings is 1. The van der Waals surface area contributed by atoms with Gasteiger partial charge in [-0.3, -0.25) is 14.5 Å². The Hall–Kier alpha value is -1.79. The van der Waals surface area contributed by atoms with Gasteiger partial charge in [0.15, 0.2) is 0 Å². The molecule has 0 spiro atoms. The number of hydrogen-bond donors (Lipinski definition) is 2. The third-order valence-corrected chi connectivity index (χ3v) is 3.98. The van der Waals surface area contributed by atoms with E-state index in [0.717, 1.165) is 17.7 Å². The molecule has 6 nitrogen and oxygen atoms in total. The van der Waals surface area contributed by atoms with Crippen LogP contribution in [0.15, 0.2) is 24.3 Å². The summed E-state index contributed by atoms with van der Waals surface area (Å²) in [5.41, 5.74) is 0.898. The number of aliphatic carboxylic acids is 1. The summed E-state index contributed by atoms with van der Waals surface area (Å²) < 4.78 is 5.29. The predicted octanol–water partition coefficient (Wildman–Crippen LogP) is 1.84. The van der Waals surface area contributed by atoms with Crippen LogP contribution in [0.3, 0.4) is 0 Å². The number of hydrogen-bond acceptors (Lipinski definition) is 4. The number of ether oxygens (including phenoxy) is 1. The Morgan fingerprint density at radius 1 is 1.43 bits per heavy atom. The lowest BCUT2D eigenvalue weighted by molar-refractivity contribution is -0.142. The summed E-state index contributed by atoms with van der Waals surface area (Å²) in [5, 5.41) is 12.0. The van der Waals surface area contributed by atoms with Crippen LogP contribution < -0.4 is 10.1 Å². The summed E-state index contributed by atoms with van der Waals surface area (Å²) in [4.78, 5) is 25.0. The van der Waals surface area contributed by atoms with Gasteiger partial charge < -0.3 is 15.2 Å². The Kier molecular flexibility index (Phi) is 7.32. The lowest BCUT2D eigenvalue weighted by Crippen LogP contribution is -2.43. The summed E-state index contributed by atoms with van der Waals surface area (Å²) in [6.07, 6.45) is 1.41. The van der Waals surface area contributed by atoms with Crippen LogP contribution in [0.4, 0.5) is 0 Å². The summed E-state index contributed by atoms with van der Waals surface area (Å²) in [6, 6.07) is 6.76. The number of likely N-dealkylation sites (tertiary alicyclic amines) is 1. The molecule has 0 saturated carbocycles. The minimum absolute atomic E-state index is 0. The number of para-hydroxylation sites is 1. The first-order valence-electron chi connectivity index (χ1n) is 7.42. The van der Waals surface area contributed by atoms with E-state index in [2.05, 4.69) is 5.32 Å². The molecular weight excluding hydrogens is 320 g/mol. The van der Waals surface area contributed by atoms with Crippen LogP contribution in [-0.4, -0.2) is 48.1 Å². The molecule has 0 bridgehead atoms. The van der Waals surface area contributed by atoms with Crippen LogP contribution in [-0.2, 0) is 9.59 Å². The van der Waals surface area contributed by atoms with Crippen LogP contribution in [0.2, 0.25) is 0 Å². The number of carboxylic acid groups (broad SMARTS) is 1. The van der Waals surface area contributed by atoms with Crippen LogP contribution in [0.5, 0.6) is 5.75 Å². The van der Waals surface area contributed by atoms with Crippen molar-refractivity contribution >= 4 is 24.3 Å². The second-order valence-corrected chi connectivity index (χ2v) is 5.50. The van der Waals surface area contributed by atoms with Crippen molar-refractivity contribution in [3.63, 3.8) is 0 Å². The second kappa shape index (κ2) is 8.74. The Balaban J connectivity index is 0.00000264. The fourth-order valence-electron chi connectivity index (χ4n) is 2.87. The van der Waals surface area contributed by atoms with Gasteiger partial charge in [-0.05, 0) is 32.4 Å². The first-order chi connectivity index (χ1) is 10.5. The zero-order valence-corrected chi connectivity index (χ0v) is 14.1. The minimum atomic E-state index is -0.858. The van der Waals surface area contributed by atoms with E-state index in [1.54, 1.807) is 12.0 Å². The Morgan fingerprint density at radius 3 is 2.78 bits per heavy atom. The van der Waals surface area contributed by atoms with Gasteiger partial charge in [0, 0.05) is 5.56 Å². The number of halogens is 1. The second-order valence-electron chi connectivity index (χ2n) is 5.50. The molecule has 2 atom stereocenters. The van der Waals surface area contributed by atoms with E-state index in [1.807, 2.05) is 31.2 Å². The molecule has 128 valence electrons.